The van der Waals surface area contributed by atoms with E-state index in [0.717, 1.165) is 0 Å². The third kappa shape index (κ3) is 2.51. The Kier molecular flexibility index (Phi) is 3.32. The van der Waals surface area contributed by atoms with Crippen molar-refractivity contribution in [3.05, 3.63) is 40.2 Å². The molecular formula is C13H12O5. The normalized spacial score (nSPS) is 10.5. The highest BCUT2D eigenvalue weighted by atomic mass is 16.5. The van der Waals surface area contributed by atoms with Crippen LogP contribution in [0.2, 0.25) is 0 Å². The zero-order valence-electron chi connectivity index (χ0n) is 9.80. The molecule has 0 amide bonds. The molecule has 0 unspecified atom stereocenters. The van der Waals surface area contributed by atoms with Gasteiger partial charge in [0.15, 0.2) is 0 Å². The molecule has 0 spiro atoms. The zero-order valence-corrected chi connectivity index (χ0v) is 9.80. The second-order valence-electron chi connectivity index (χ2n) is 3.75. The third-order valence-electron chi connectivity index (χ3n) is 2.45. The van der Waals surface area contributed by atoms with Crippen LogP contribution in [-0.2, 0) is 16.0 Å². The van der Waals surface area contributed by atoms with E-state index in [1.54, 1.807) is 13.0 Å². The van der Waals surface area contributed by atoms with E-state index >= 15 is 0 Å². The minimum absolute atomic E-state index is 0.0203. The van der Waals surface area contributed by atoms with E-state index in [9.17, 15) is 14.7 Å². The minimum atomic E-state index is -0.504. The monoisotopic (exact) mass is 248 g/mol. The molecule has 1 aromatic heterocycles. The van der Waals surface area contributed by atoms with E-state index < -0.39 is 11.6 Å². The molecule has 0 fully saturated rings. The molecule has 1 aromatic carbocycles. The smallest absolute Gasteiger partial charge is 0.336 e. The van der Waals surface area contributed by atoms with Crippen LogP contribution in [-0.4, -0.2) is 17.7 Å². The molecule has 1 N–H and O–H groups in total. The molecule has 0 bridgehead atoms. The van der Waals surface area contributed by atoms with E-state index in [1.165, 1.54) is 18.2 Å². The number of rotatable bonds is 3. The van der Waals surface area contributed by atoms with Crippen LogP contribution >= 0.6 is 0 Å². The Bertz CT molecular complexity index is 641. The van der Waals surface area contributed by atoms with Gasteiger partial charge in [0.05, 0.1) is 13.0 Å². The number of esters is 1. The summed E-state index contributed by atoms with van der Waals surface area (Å²) in [5.41, 5.74) is 0.309. The van der Waals surface area contributed by atoms with Crippen LogP contribution in [0, 0.1) is 0 Å². The van der Waals surface area contributed by atoms with Gasteiger partial charge in [-0.1, -0.05) is 0 Å². The molecule has 0 saturated heterocycles. The van der Waals surface area contributed by atoms with Gasteiger partial charge in [-0.3, -0.25) is 4.79 Å². The summed E-state index contributed by atoms with van der Waals surface area (Å²) in [4.78, 5) is 22.5. The molecule has 5 heteroatoms. The summed E-state index contributed by atoms with van der Waals surface area (Å²) in [6, 6.07) is 5.63. The maximum absolute atomic E-state index is 11.4. The first-order chi connectivity index (χ1) is 8.60. The lowest BCUT2D eigenvalue weighted by Crippen LogP contribution is -2.08. The van der Waals surface area contributed by atoms with Crippen molar-refractivity contribution in [3.63, 3.8) is 0 Å². The van der Waals surface area contributed by atoms with Gasteiger partial charge in [0.2, 0.25) is 0 Å². The van der Waals surface area contributed by atoms with Gasteiger partial charge in [0, 0.05) is 17.5 Å². The Morgan fingerprint density at radius 2 is 2.17 bits per heavy atom. The molecule has 0 saturated carbocycles. The predicted octanol–water partition coefficient (Wildman–Crippen LogP) is 1.60. The average Bonchev–Trinajstić information content (AvgIpc) is 2.28. The van der Waals surface area contributed by atoms with E-state index in [1.807, 2.05) is 0 Å². The quantitative estimate of drug-likeness (QED) is 0.659. The molecule has 0 aliphatic heterocycles. The fourth-order valence-corrected chi connectivity index (χ4v) is 1.75. The first kappa shape index (κ1) is 12.2. The summed E-state index contributed by atoms with van der Waals surface area (Å²) in [5.74, 6) is -0.452. The van der Waals surface area contributed by atoms with Crippen molar-refractivity contribution in [2.75, 3.05) is 6.61 Å². The van der Waals surface area contributed by atoms with Gasteiger partial charge in [-0.15, -0.1) is 0 Å². The second-order valence-corrected chi connectivity index (χ2v) is 3.75. The van der Waals surface area contributed by atoms with Gasteiger partial charge < -0.3 is 14.3 Å². The second kappa shape index (κ2) is 4.91. The molecule has 0 radical (unpaired) electrons. The number of ether oxygens (including phenoxy) is 1. The standard InChI is InChI=1S/C13H12O5/c1-2-17-13(16)6-8-5-9(14)7-11-10(8)3-4-12(15)18-11/h3-5,7,14H,2,6H2,1H3. The Morgan fingerprint density at radius 1 is 1.39 bits per heavy atom. The maximum Gasteiger partial charge on any atom is 0.336 e. The average molecular weight is 248 g/mol. The number of fused-ring (bicyclic) bond motifs is 1. The summed E-state index contributed by atoms with van der Waals surface area (Å²) in [7, 11) is 0. The summed E-state index contributed by atoms with van der Waals surface area (Å²) in [6.07, 6.45) is 0.0203. The van der Waals surface area contributed by atoms with Crippen molar-refractivity contribution in [2.24, 2.45) is 0 Å². The lowest BCUT2D eigenvalue weighted by Gasteiger charge is -2.06. The SMILES string of the molecule is CCOC(=O)Cc1cc(O)cc2oc(=O)ccc12. The number of phenols is 1. The van der Waals surface area contributed by atoms with Crippen molar-refractivity contribution in [1.82, 2.24) is 0 Å². The largest absolute Gasteiger partial charge is 0.508 e. The van der Waals surface area contributed by atoms with E-state index in [-0.39, 0.29) is 17.8 Å². The van der Waals surface area contributed by atoms with Gasteiger partial charge in [0.25, 0.3) is 0 Å². The third-order valence-corrected chi connectivity index (χ3v) is 2.45. The van der Waals surface area contributed by atoms with Crippen LogP contribution in [0.1, 0.15) is 12.5 Å². The van der Waals surface area contributed by atoms with Crippen LogP contribution in [0.15, 0.2) is 33.5 Å². The van der Waals surface area contributed by atoms with Crippen molar-refractivity contribution in [2.45, 2.75) is 13.3 Å². The first-order valence-corrected chi connectivity index (χ1v) is 5.51. The highest BCUT2D eigenvalue weighted by Crippen LogP contribution is 2.24. The zero-order chi connectivity index (χ0) is 13.1. The van der Waals surface area contributed by atoms with E-state index in [4.69, 9.17) is 9.15 Å². The molecule has 0 atom stereocenters. The van der Waals surface area contributed by atoms with Crippen LogP contribution in [0.3, 0.4) is 0 Å². The molecule has 18 heavy (non-hydrogen) atoms. The molecule has 0 aliphatic rings. The van der Waals surface area contributed by atoms with Crippen molar-refractivity contribution in [1.29, 1.82) is 0 Å². The van der Waals surface area contributed by atoms with E-state index in [2.05, 4.69) is 0 Å². The summed E-state index contributed by atoms with van der Waals surface area (Å²) in [5, 5.41) is 10.1. The van der Waals surface area contributed by atoms with Gasteiger partial charge in [-0.05, 0) is 24.6 Å². The first-order valence-electron chi connectivity index (χ1n) is 5.51. The number of hydrogen-bond acceptors (Lipinski definition) is 5. The van der Waals surface area contributed by atoms with Gasteiger partial charge in [-0.25, -0.2) is 4.79 Å². The van der Waals surface area contributed by atoms with Gasteiger partial charge >= 0.3 is 11.6 Å². The highest BCUT2D eigenvalue weighted by molar-refractivity contribution is 5.86. The Hall–Kier alpha value is -2.30. The van der Waals surface area contributed by atoms with Crippen molar-refractivity contribution < 1.29 is 19.1 Å². The lowest BCUT2D eigenvalue weighted by atomic mass is 10.1. The van der Waals surface area contributed by atoms with Crippen molar-refractivity contribution >= 4 is 16.9 Å². The number of benzene rings is 1. The Morgan fingerprint density at radius 3 is 2.89 bits per heavy atom. The van der Waals surface area contributed by atoms with Gasteiger partial charge in [-0.2, -0.15) is 0 Å². The van der Waals surface area contributed by atoms with E-state index in [0.29, 0.717) is 17.6 Å². The molecule has 1 heterocycles. The fraction of sp³-hybridized carbons (Fsp3) is 0.231. The number of carbonyl (C=O) groups excluding carboxylic acids is 1. The molecular weight excluding hydrogens is 236 g/mol. The Labute approximate surface area is 103 Å². The molecule has 94 valence electrons. The number of phenolic OH excluding ortho intramolecular Hbond substituents is 1. The number of carbonyl (C=O) groups is 1. The molecule has 2 aromatic rings. The topological polar surface area (TPSA) is 76.7 Å². The molecule has 0 aliphatic carbocycles. The van der Waals surface area contributed by atoms with Crippen LogP contribution in [0.5, 0.6) is 5.75 Å². The van der Waals surface area contributed by atoms with Crippen molar-refractivity contribution in [3.8, 4) is 5.75 Å². The highest BCUT2D eigenvalue weighted by Gasteiger charge is 2.11. The fourth-order valence-electron chi connectivity index (χ4n) is 1.75. The summed E-state index contributed by atoms with van der Waals surface area (Å²) >= 11 is 0. The summed E-state index contributed by atoms with van der Waals surface area (Å²) in [6.45, 7) is 2.02. The predicted molar refractivity (Wildman–Crippen MR) is 64.5 cm³/mol. The van der Waals surface area contributed by atoms with Crippen LogP contribution in [0.25, 0.3) is 11.0 Å². The molecule has 2 rings (SSSR count). The summed E-state index contributed by atoms with van der Waals surface area (Å²) < 4.78 is 9.80. The number of aromatic hydroxyl groups is 1. The number of hydrogen-bond donors (Lipinski definition) is 1. The van der Waals surface area contributed by atoms with Crippen LogP contribution in [0.4, 0.5) is 0 Å². The maximum atomic E-state index is 11.4. The lowest BCUT2D eigenvalue weighted by molar-refractivity contribution is -0.142. The molecule has 5 nitrogen and oxygen atoms in total. The van der Waals surface area contributed by atoms with Gasteiger partial charge in [0.1, 0.15) is 11.3 Å². The Balaban J connectivity index is 2.49. The minimum Gasteiger partial charge on any atom is -0.508 e. The van der Waals surface area contributed by atoms with Crippen LogP contribution < -0.4 is 5.63 Å².